The second kappa shape index (κ2) is 12.5. The van der Waals surface area contributed by atoms with Gasteiger partial charge in [0, 0.05) is 43.8 Å². The summed E-state index contributed by atoms with van der Waals surface area (Å²) in [7, 11) is 2.49. The monoisotopic (exact) mass is 601 g/mol. The molecule has 2 saturated heterocycles. The zero-order valence-electron chi connectivity index (χ0n) is 28.0. The predicted molar refractivity (Wildman–Crippen MR) is 167 cm³/mol. The van der Waals surface area contributed by atoms with E-state index in [0.29, 0.717) is 42.6 Å². The molecule has 43 heavy (non-hydrogen) atoms. The van der Waals surface area contributed by atoms with E-state index in [4.69, 9.17) is 14.2 Å². The van der Waals surface area contributed by atoms with Gasteiger partial charge < -0.3 is 18.7 Å². The molecular formula is C36H61N2O5+. The molecule has 0 N–H and O–H groups in total. The van der Waals surface area contributed by atoms with Crippen LogP contribution in [0.3, 0.4) is 0 Å². The number of carbonyl (C=O) groups excluding carboxylic acids is 2. The summed E-state index contributed by atoms with van der Waals surface area (Å²) in [6, 6.07) is 0.696. The molecule has 0 unspecified atom stereocenters. The van der Waals surface area contributed by atoms with Crippen molar-refractivity contribution < 1.29 is 28.3 Å². The number of rotatable bonds is 6. The Morgan fingerprint density at radius 2 is 1.53 bits per heavy atom. The van der Waals surface area contributed by atoms with E-state index in [9.17, 15) is 9.59 Å². The number of hydrogen-bond donors (Lipinski definition) is 0. The maximum atomic E-state index is 12.9. The minimum absolute atomic E-state index is 0.00443. The molecule has 10 atom stereocenters. The van der Waals surface area contributed by atoms with E-state index in [-0.39, 0.29) is 41.0 Å². The van der Waals surface area contributed by atoms with Gasteiger partial charge in [0.05, 0.1) is 33.4 Å². The van der Waals surface area contributed by atoms with Crippen molar-refractivity contribution in [3.63, 3.8) is 0 Å². The summed E-state index contributed by atoms with van der Waals surface area (Å²) >= 11 is 0. The first kappa shape index (κ1) is 31.8. The second-order valence-corrected chi connectivity index (χ2v) is 16.1. The van der Waals surface area contributed by atoms with Gasteiger partial charge in [-0.2, -0.15) is 0 Å². The molecule has 0 aromatic heterocycles. The molecule has 4 saturated carbocycles. The molecular weight excluding hydrogens is 540 g/mol. The molecule has 6 fully saturated rings. The topological polar surface area (TPSA) is 65.1 Å². The zero-order chi connectivity index (χ0) is 30.4. The number of fused-ring (bicyclic) bond motifs is 5. The molecule has 2 heterocycles. The SMILES string of the molecule is CCC(=O)O[C@H]1C[C@@H]2CC[C@@H]3[C@H](CC[C@@]4(C)[C@H]3C[C@H]([N+]3(C)CCCCCC3)[C@@H]4OC(=O)CC)[C@@]2(C)C[C@@H]1N1CCOCC1. The summed E-state index contributed by atoms with van der Waals surface area (Å²) in [6.45, 7) is 14.8. The Balaban J connectivity index is 1.29. The first-order chi connectivity index (χ1) is 20.6. The number of morpholine rings is 1. The van der Waals surface area contributed by atoms with Gasteiger partial charge in [-0.05, 0) is 93.3 Å². The van der Waals surface area contributed by atoms with E-state index in [1.807, 2.05) is 13.8 Å². The van der Waals surface area contributed by atoms with Crippen LogP contribution in [0.1, 0.15) is 111 Å². The van der Waals surface area contributed by atoms with Crippen LogP contribution in [0.15, 0.2) is 0 Å². The van der Waals surface area contributed by atoms with Crippen LogP contribution in [-0.2, 0) is 23.8 Å². The summed E-state index contributed by atoms with van der Waals surface area (Å²) in [6.07, 6.45) is 14.4. The third-order valence-corrected chi connectivity index (χ3v) is 14.1. The summed E-state index contributed by atoms with van der Waals surface area (Å²) < 4.78 is 19.6. The lowest BCUT2D eigenvalue weighted by Gasteiger charge is -2.62. The molecule has 4 aliphatic carbocycles. The van der Waals surface area contributed by atoms with Gasteiger partial charge in [0.1, 0.15) is 12.1 Å². The van der Waals surface area contributed by atoms with Crippen molar-refractivity contribution in [2.45, 2.75) is 135 Å². The summed E-state index contributed by atoms with van der Waals surface area (Å²) in [4.78, 5) is 28.1. The number of nitrogens with zero attached hydrogens (tertiary/aromatic N) is 2. The minimum atomic E-state index is -0.0521. The lowest BCUT2D eigenvalue weighted by molar-refractivity contribution is -0.935. The van der Waals surface area contributed by atoms with Gasteiger partial charge in [-0.1, -0.05) is 27.7 Å². The second-order valence-electron chi connectivity index (χ2n) is 16.1. The lowest BCUT2D eigenvalue weighted by atomic mass is 9.44. The van der Waals surface area contributed by atoms with Crippen molar-refractivity contribution >= 4 is 11.9 Å². The first-order valence-corrected chi connectivity index (χ1v) is 18.2. The average Bonchev–Trinajstić information content (AvgIpc) is 3.14. The van der Waals surface area contributed by atoms with Gasteiger partial charge in [0.15, 0.2) is 6.10 Å². The average molecular weight is 602 g/mol. The van der Waals surface area contributed by atoms with E-state index in [1.54, 1.807) is 0 Å². The highest BCUT2D eigenvalue weighted by molar-refractivity contribution is 5.69. The highest BCUT2D eigenvalue weighted by Crippen LogP contribution is 2.67. The highest BCUT2D eigenvalue weighted by atomic mass is 16.6. The molecule has 7 nitrogen and oxygen atoms in total. The molecule has 6 rings (SSSR count). The van der Waals surface area contributed by atoms with Crippen LogP contribution in [0.4, 0.5) is 0 Å². The highest BCUT2D eigenvalue weighted by Gasteiger charge is 2.67. The Morgan fingerprint density at radius 1 is 0.860 bits per heavy atom. The third-order valence-electron chi connectivity index (χ3n) is 14.1. The summed E-state index contributed by atoms with van der Waals surface area (Å²) in [5, 5.41) is 0. The molecule has 0 amide bonds. The number of quaternary nitrogens is 1. The van der Waals surface area contributed by atoms with Crippen molar-refractivity contribution in [1.29, 1.82) is 0 Å². The van der Waals surface area contributed by atoms with Crippen molar-refractivity contribution in [1.82, 2.24) is 4.90 Å². The van der Waals surface area contributed by atoms with Crippen LogP contribution in [0.5, 0.6) is 0 Å². The van der Waals surface area contributed by atoms with Crippen LogP contribution in [0.25, 0.3) is 0 Å². The molecule has 7 heteroatoms. The predicted octanol–water partition coefficient (Wildman–Crippen LogP) is 5.98. The number of carbonyl (C=O) groups is 2. The fraction of sp³-hybridized carbons (Fsp3) is 0.944. The van der Waals surface area contributed by atoms with Crippen LogP contribution in [-0.4, -0.2) is 92.1 Å². The maximum Gasteiger partial charge on any atom is 0.306 e. The Morgan fingerprint density at radius 3 is 2.21 bits per heavy atom. The fourth-order valence-electron chi connectivity index (χ4n) is 11.6. The smallest absolute Gasteiger partial charge is 0.306 e. The van der Waals surface area contributed by atoms with Gasteiger partial charge >= 0.3 is 11.9 Å². The molecule has 0 aromatic rings. The normalized spacial score (nSPS) is 44.8. The molecule has 6 aliphatic rings. The molecule has 0 bridgehead atoms. The Bertz CT molecular complexity index is 1010. The summed E-state index contributed by atoms with van der Waals surface area (Å²) in [5.74, 6) is 2.52. The molecule has 244 valence electrons. The van der Waals surface area contributed by atoms with Crippen molar-refractivity contribution in [3.8, 4) is 0 Å². The van der Waals surface area contributed by atoms with E-state index < -0.39 is 0 Å². The number of likely N-dealkylation sites (tertiary alicyclic amines) is 1. The Kier molecular flexibility index (Phi) is 9.28. The maximum absolute atomic E-state index is 12.9. The largest absolute Gasteiger partial charge is 0.461 e. The van der Waals surface area contributed by atoms with Crippen molar-refractivity contribution in [2.24, 2.45) is 34.5 Å². The van der Waals surface area contributed by atoms with E-state index >= 15 is 0 Å². The van der Waals surface area contributed by atoms with Gasteiger partial charge in [0.25, 0.3) is 0 Å². The van der Waals surface area contributed by atoms with E-state index in [2.05, 4.69) is 25.8 Å². The van der Waals surface area contributed by atoms with Gasteiger partial charge in [-0.15, -0.1) is 0 Å². The Hall–Kier alpha value is -1.18. The standard InChI is InChI=1S/C36H61N2O5/c1-6-32(39)42-31-22-25-12-13-26-27(36(25,4)24-29(31)37-16-20-41-21-17-37)14-15-35(3)28(26)23-30(34(35)43-33(40)7-2)38(5)18-10-8-9-11-19-38/h25-31,34H,6-24H2,1-5H3/q+1/t25-,26+,27-,28-,29-,30-,31-,34-,35-,36-/m0/s1. The molecule has 0 radical (unpaired) electrons. The van der Waals surface area contributed by atoms with Crippen LogP contribution in [0.2, 0.25) is 0 Å². The number of ether oxygens (including phenoxy) is 3. The van der Waals surface area contributed by atoms with Gasteiger partial charge in [0.2, 0.25) is 0 Å². The minimum Gasteiger partial charge on any atom is -0.461 e. The quantitative estimate of drug-likeness (QED) is 0.276. The van der Waals surface area contributed by atoms with Crippen molar-refractivity contribution in [2.75, 3.05) is 46.4 Å². The van der Waals surface area contributed by atoms with Gasteiger partial charge in [-0.25, -0.2) is 0 Å². The van der Waals surface area contributed by atoms with Crippen LogP contribution < -0.4 is 0 Å². The zero-order valence-corrected chi connectivity index (χ0v) is 28.0. The molecule has 0 spiro atoms. The fourth-order valence-corrected chi connectivity index (χ4v) is 11.6. The third kappa shape index (κ3) is 5.71. The number of likely N-dealkylation sites (N-methyl/N-ethyl adjacent to an activating group) is 1. The Labute approximate surface area is 261 Å². The van der Waals surface area contributed by atoms with Crippen LogP contribution >= 0.6 is 0 Å². The molecule has 0 aromatic carbocycles. The number of hydrogen-bond acceptors (Lipinski definition) is 6. The summed E-state index contributed by atoms with van der Waals surface area (Å²) in [5.41, 5.74) is 0.308. The van der Waals surface area contributed by atoms with E-state index in [0.717, 1.165) is 50.0 Å². The van der Waals surface area contributed by atoms with Crippen LogP contribution in [0, 0.1) is 34.5 Å². The number of esters is 2. The lowest BCUT2D eigenvalue weighted by Crippen LogP contribution is -2.62. The van der Waals surface area contributed by atoms with Gasteiger partial charge in [-0.3, -0.25) is 14.5 Å². The molecule has 2 aliphatic heterocycles. The first-order valence-electron chi connectivity index (χ1n) is 18.2. The van der Waals surface area contributed by atoms with Crippen molar-refractivity contribution in [3.05, 3.63) is 0 Å². The van der Waals surface area contributed by atoms with E-state index in [1.165, 1.54) is 64.5 Å².